The molecule has 0 amide bonds. The molecule has 0 spiro atoms. The van der Waals surface area contributed by atoms with E-state index < -0.39 is 0 Å². The van der Waals surface area contributed by atoms with E-state index in [4.69, 9.17) is 22.1 Å². The van der Waals surface area contributed by atoms with Gasteiger partial charge in [-0.25, -0.2) is 0 Å². The molecule has 0 aliphatic heterocycles. The zero-order valence-corrected chi connectivity index (χ0v) is 16.4. The van der Waals surface area contributed by atoms with Crippen LogP contribution in [-0.4, -0.2) is 4.57 Å². The summed E-state index contributed by atoms with van der Waals surface area (Å²) in [7, 11) is 0. The number of nitrogens with two attached hydrogens (primary N) is 1. The second-order valence-corrected chi connectivity index (χ2v) is 7.27. The monoisotopic (exact) mass is 379 g/mol. The number of halogens is 1. The highest BCUT2D eigenvalue weighted by Gasteiger charge is 2.18. The van der Waals surface area contributed by atoms with E-state index in [-0.39, 0.29) is 0 Å². The van der Waals surface area contributed by atoms with Crippen molar-refractivity contribution in [3.63, 3.8) is 0 Å². The van der Waals surface area contributed by atoms with E-state index in [1.807, 2.05) is 43.3 Å². The summed E-state index contributed by atoms with van der Waals surface area (Å²) in [5.74, 6) is 1.57. The minimum absolute atomic E-state index is 0.384. The number of hydrogen-bond donors (Lipinski definition) is 1. The third kappa shape index (κ3) is 3.94. The van der Waals surface area contributed by atoms with Gasteiger partial charge in [-0.2, -0.15) is 5.26 Å². The maximum atomic E-state index is 9.53. The molecule has 0 radical (unpaired) electrons. The highest BCUT2D eigenvalue weighted by molar-refractivity contribution is 6.31. The number of nitrogens with zero attached hydrogens (tertiary/aromatic N) is 2. The summed E-state index contributed by atoms with van der Waals surface area (Å²) in [6, 6.07) is 17.5. The molecule has 3 rings (SSSR count). The maximum Gasteiger partial charge on any atom is 0.224 e. The van der Waals surface area contributed by atoms with Gasteiger partial charge in [-0.15, -0.1) is 0 Å². The van der Waals surface area contributed by atoms with Gasteiger partial charge in [0.15, 0.2) is 0 Å². The largest absolute Gasteiger partial charge is 0.438 e. The SMILES string of the molecule is Cc1ccc(C(C)C)cc1Oc1c(N)cc(C#N)n1Cc1ccccc1Cl. The lowest BCUT2D eigenvalue weighted by Crippen LogP contribution is -2.06. The fourth-order valence-electron chi connectivity index (χ4n) is 2.90. The number of aryl methyl sites for hydroxylation is 1. The topological polar surface area (TPSA) is 64.0 Å². The van der Waals surface area contributed by atoms with Crippen molar-refractivity contribution in [2.75, 3.05) is 5.73 Å². The number of hydrogen-bond acceptors (Lipinski definition) is 3. The molecule has 0 bridgehead atoms. The standard InChI is InChI=1S/C22H22ClN3O/c1-14(2)16-9-8-15(3)21(10-16)27-22-20(25)11-18(12-24)26(22)13-17-6-4-5-7-19(17)23/h4-11,14H,13,25H2,1-3H3. The minimum atomic E-state index is 0.384. The molecular weight excluding hydrogens is 358 g/mol. The molecule has 0 saturated heterocycles. The summed E-state index contributed by atoms with van der Waals surface area (Å²) in [5, 5.41) is 10.2. The second-order valence-electron chi connectivity index (χ2n) is 6.86. The predicted octanol–water partition coefficient (Wildman–Crippen LogP) is 5.87. The Morgan fingerprint density at radius 1 is 1.19 bits per heavy atom. The Morgan fingerprint density at radius 2 is 1.93 bits per heavy atom. The molecule has 138 valence electrons. The highest BCUT2D eigenvalue weighted by Crippen LogP contribution is 2.35. The first kappa shape index (κ1) is 18.9. The second kappa shape index (κ2) is 7.77. The van der Waals surface area contributed by atoms with Gasteiger partial charge in [0.1, 0.15) is 17.5 Å². The number of nitriles is 1. The van der Waals surface area contributed by atoms with Gasteiger partial charge in [-0.3, -0.25) is 4.57 Å². The average Bonchev–Trinajstić information content (AvgIpc) is 2.93. The van der Waals surface area contributed by atoms with Gasteiger partial charge in [0, 0.05) is 11.1 Å². The van der Waals surface area contributed by atoms with Crippen LogP contribution in [0.25, 0.3) is 0 Å². The summed E-state index contributed by atoms with van der Waals surface area (Å²) in [6.07, 6.45) is 0. The van der Waals surface area contributed by atoms with Crippen molar-refractivity contribution in [3.8, 4) is 17.7 Å². The molecule has 0 fully saturated rings. The summed E-state index contributed by atoms with van der Waals surface area (Å²) in [6.45, 7) is 6.66. The van der Waals surface area contributed by atoms with Crippen molar-refractivity contribution < 1.29 is 4.74 Å². The molecule has 3 aromatic rings. The summed E-state index contributed by atoms with van der Waals surface area (Å²) in [4.78, 5) is 0. The Labute approximate surface area is 164 Å². The van der Waals surface area contributed by atoms with E-state index in [9.17, 15) is 5.26 Å². The minimum Gasteiger partial charge on any atom is -0.438 e. The molecule has 1 aromatic heterocycles. The van der Waals surface area contributed by atoms with Gasteiger partial charge >= 0.3 is 0 Å². The first-order valence-corrected chi connectivity index (χ1v) is 9.19. The van der Waals surface area contributed by atoms with Crippen molar-refractivity contribution in [1.82, 2.24) is 4.57 Å². The van der Waals surface area contributed by atoms with Crippen molar-refractivity contribution in [2.45, 2.75) is 33.2 Å². The van der Waals surface area contributed by atoms with Crippen LogP contribution in [0.3, 0.4) is 0 Å². The van der Waals surface area contributed by atoms with Gasteiger partial charge in [-0.05, 0) is 41.7 Å². The normalized spacial score (nSPS) is 10.8. The smallest absolute Gasteiger partial charge is 0.224 e. The molecule has 0 saturated carbocycles. The first-order chi connectivity index (χ1) is 12.9. The summed E-state index contributed by atoms with van der Waals surface area (Å²) >= 11 is 6.30. The summed E-state index contributed by atoms with van der Waals surface area (Å²) < 4.78 is 7.96. The Morgan fingerprint density at radius 3 is 2.59 bits per heavy atom. The lowest BCUT2D eigenvalue weighted by Gasteiger charge is -2.16. The number of aromatic nitrogens is 1. The molecule has 27 heavy (non-hydrogen) atoms. The molecular formula is C22H22ClN3O. The van der Waals surface area contributed by atoms with Gasteiger partial charge in [0.05, 0.1) is 12.2 Å². The lowest BCUT2D eigenvalue weighted by atomic mass is 10.0. The number of nitrogen functional groups attached to an aromatic ring is 1. The van der Waals surface area contributed by atoms with Crippen LogP contribution >= 0.6 is 11.6 Å². The average molecular weight is 380 g/mol. The number of rotatable bonds is 5. The van der Waals surface area contributed by atoms with Crippen molar-refractivity contribution in [1.29, 1.82) is 5.26 Å². The van der Waals surface area contributed by atoms with E-state index in [0.717, 1.165) is 16.9 Å². The van der Waals surface area contributed by atoms with Crippen LogP contribution in [0.1, 0.15) is 42.1 Å². The molecule has 5 heteroatoms. The van der Waals surface area contributed by atoms with Gasteiger partial charge in [0.2, 0.25) is 5.88 Å². The molecule has 0 aliphatic carbocycles. The van der Waals surface area contributed by atoms with Crippen LogP contribution in [0.5, 0.6) is 11.6 Å². The van der Waals surface area contributed by atoms with Crippen LogP contribution in [0, 0.1) is 18.3 Å². The predicted molar refractivity (Wildman–Crippen MR) is 109 cm³/mol. The first-order valence-electron chi connectivity index (χ1n) is 8.81. The molecule has 4 nitrogen and oxygen atoms in total. The van der Waals surface area contributed by atoms with Crippen LogP contribution in [-0.2, 0) is 6.54 Å². The number of anilines is 1. The molecule has 1 heterocycles. The zero-order valence-electron chi connectivity index (χ0n) is 15.7. The fraction of sp³-hybridized carbons (Fsp3) is 0.227. The Balaban J connectivity index is 2.04. The van der Waals surface area contributed by atoms with Gasteiger partial charge in [0.25, 0.3) is 0 Å². The van der Waals surface area contributed by atoms with Gasteiger partial charge in [-0.1, -0.05) is 55.8 Å². The number of ether oxygens (including phenoxy) is 1. The Hall–Kier alpha value is -2.90. The van der Waals surface area contributed by atoms with E-state index in [2.05, 4.69) is 26.0 Å². The van der Waals surface area contributed by atoms with Crippen molar-refractivity contribution in [3.05, 3.63) is 75.9 Å². The third-order valence-electron chi connectivity index (χ3n) is 4.56. The van der Waals surface area contributed by atoms with Gasteiger partial charge < -0.3 is 10.5 Å². The van der Waals surface area contributed by atoms with Crippen LogP contribution in [0.4, 0.5) is 5.69 Å². The number of benzene rings is 2. The van der Waals surface area contributed by atoms with E-state index in [1.54, 1.807) is 10.6 Å². The highest BCUT2D eigenvalue weighted by atomic mass is 35.5. The van der Waals surface area contributed by atoms with E-state index in [0.29, 0.717) is 34.7 Å². The quantitative estimate of drug-likeness (QED) is 0.603. The molecule has 0 aliphatic rings. The van der Waals surface area contributed by atoms with E-state index >= 15 is 0 Å². The Bertz CT molecular complexity index is 1010. The fourth-order valence-corrected chi connectivity index (χ4v) is 3.10. The van der Waals surface area contributed by atoms with Crippen LogP contribution in [0.2, 0.25) is 5.02 Å². The summed E-state index contributed by atoms with van der Waals surface area (Å²) in [5.41, 5.74) is 10.1. The third-order valence-corrected chi connectivity index (χ3v) is 4.93. The van der Waals surface area contributed by atoms with Crippen LogP contribution in [0.15, 0.2) is 48.5 Å². The van der Waals surface area contributed by atoms with Crippen molar-refractivity contribution >= 4 is 17.3 Å². The van der Waals surface area contributed by atoms with Crippen LogP contribution < -0.4 is 10.5 Å². The zero-order chi connectivity index (χ0) is 19.6. The lowest BCUT2D eigenvalue weighted by molar-refractivity contribution is 0.433. The van der Waals surface area contributed by atoms with E-state index in [1.165, 1.54) is 5.56 Å². The van der Waals surface area contributed by atoms with Crippen molar-refractivity contribution in [2.24, 2.45) is 0 Å². The molecule has 0 atom stereocenters. The molecule has 2 N–H and O–H groups in total. The molecule has 0 unspecified atom stereocenters. The molecule has 2 aromatic carbocycles. The Kier molecular flexibility index (Phi) is 5.43. The maximum absolute atomic E-state index is 9.53.